The third-order valence-corrected chi connectivity index (χ3v) is 5.94. The number of nitrogens with zero attached hydrogens (tertiary/aromatic N) is 1. The molecule has 1 aliphatic carbocycles. The maximum atomic E-state index is 9.61. The largest absolute Gasteiger partial charge is 0.396 e. The van der Waals surface area contributed by atoms with Crippen molar-refractivity contribution < 1.29 is 0 Å². The number of nitrogens with two attached hydrogens (primary N) is 1. The molecule has 0 saturated carbocycles. The second-order valence-corrected chi connectivity index (χ2v) is 7.59. The van der Waals surface area contributed by atoms with Gasteiger partial charge in [-0.3, -0.25) is 0 Å². The number of hydrogen-bond acceptors (Lipinski definition) is 4. The third-order valence-electron chi connectivity index (χ3n) is 4.76. The highest BCUT2D eigenvalue weighted by Crippen LogP contribution is 2.42. The zero-order chi connectivity index (χ0) is 19.4. The highest BCUT2D eigenvalue weighted by Gasteiger charge is 2.19. The van der Waals surface area contributed by atoms with Crippen LogP contribution in [0.25, 0.3) is 5.57 Å². The van der Waals surface area contributed by atoms with Crippen LogP contribution in [0.5, 0.6) is 0 Å². The van der Waals surface area contributed by atoms with Gasteiger partial charge in [0.2, 0.25) is 0 Å². The lowest BCUT2D eigenvalue weighted by Gasteiger charge is -2.07. The van der Waals surface area contributed by atoms with Crippen LogP contribution in [0.4, 0.5) is 16.4 Å². The molecular formula is C23H23N3S. The topological polar surface area (TPSA) is 61.8 Å². The molecule has 1 aromatic heterocycles. The fourth-order valence-corrected chi connectivity index (χ4v) is 4.33. The Bertz CT molecular complexity index is 999. The van der Waals surface area contributed by atoms with Crippen LogP contribution >= 0.6 is 11.3 Å². The van der Waals surface area contributed by atoms with Gasteiger partial charge in [0.05, 0.1) is 10.6 Å². The van der Waals surface area contributed by atoms with Gasteiger partial charge in [0.15, 0.2) is 0 Å². The maximum Gasteiger partial charge on any atom is 0.114 e. The summed E-state index contributed by atoms with van der Waals surface area (Å²) >= 11 is 1.47. The van der Waals surface area contributed by atoms with Crippen molar-refractivity contribution in [1.29, 1.82) is 5.26 Å². The molecule has 0 fully saturated rings. The smallest absolute Gasteiger partial charge is 0.114 e. The van der Waals surface area contributed by atoms with Gasteiger partial charge in [0, 0.05) is 5.69 Å². The van der Waals surface area contributed by atoms with Crippen LogP contribution in [0.1, 0.15) is 34.9 Å². The normalized spacial score (nSPS) is 13.4. The number of hydrogen-bond donors (Lipinski definition) is 2. The van der Waals surface area contributed by atoms with E-state index in [2.05, 4.69) is 42.7 Å². The van der Waals surface area contributed by atoms with E-state index in [0.29, 0.717) is 11.3 Å². The quantitative estimate of drug-likeness (QED) is 0.598. The van der Waals surface area contributed by atoms with Gasteiger partial charge in [-0.2, -0.15) is 5.26 Å². The van der Waals surface area contributed by atoms with Crippen molar-refractivity contribution in [2.24, 2.45) is 0 Å². The summed E-state index contributed by atoms with van der Waals surface area (Å²) in [7, 11) is 0. The number of anilines is 3. The van der Waals surface area contributed by atoms with Crippen molar-refractivity contribution in [3.05, 3.63) is 82.8 Å². The Kier molecular flexibility index (Phi) is 5.63. The second kappa shape index (κ2) is 8.11. The summed E-state index contributed by atoms with van der Waals surface area (Å²) in [4.78, 5) is 0.830. The molecule has 4 heteroatoms. The van der Waals surface area contributed by atoms with Crippen molar-refractivity contribution in [2.75, 3.05) is 11.1 Å². The standard InChI is InChI=1S/C23H23N3S/c1-4-5-6-8-15(2)16(3)22-21(25)20(14-24)23(27-22)26-19-12-11-17-9-7-10-18(17)13-19/h4-6,8,11-13,26H,1,3,7,9-10,25H2,2H3/b6-5-,15-8+. The molecule has 0 bridgehead atoms. The van der Waals surface area contributed by atoms with Gasteiger partial charge < -0.3 is 11.1 Å². The Morgan fingerprint density at radius 1 is 1.30 bits per heavy atom. The van der Waals surface area contributed by atoms with Crippen LogP contribution in [-0.4, -0.2) is 0 Å². The molecule has 1 heterocycles. The van der Waals surface area contributed by atoms with Gasteiger partial charge in [-0.05, 0) is 60.6 Å². The number of rotatable bonds is 6. The molecule has 3 nitrogen and oxygen atoms in total. The molecule has 0 amide bonds. The van der Waals surface area contributed by atoms with E-state index in [1.54, 1.807) is 6.08 Å². The number of allylic oxidation sites excluding steroid dienone is 6. The highest BCUT2D eigenvalue weighted by molar-refractivity contribution is 7.18. The van der Waals surface area contributed by atoms with E-state index in [-0.39, 0.29) is 0 Å². The SMILES string of the molecule is C=C/C=C\C=C(/C)C(=C)c1sc(Nc2ccc3c(c2)CCC3)c(C#N)c1N. The average molecular weight is 374 g/mol. The lowest BCUT2D eigenvalue weighted by atomic mass is 10.1. The van der Waals surface area contributed by atoms with Crippen LogP contribution in [0.3, 0.4) is 0 Å². The number of nitrogens with one attached hydrogen (secondary N) is 1. The van der Waals surface area contributed by atoms with E-state index >= 15 is 0 Å². The zero-order valence-electron chi connectivity index (χ0n) is 15.5. The van der Waals surface area contributed by atoms with Crippen molar-refractivity contribution in [3.8, 4) is 6.07 Å². The molecule has 0 spiro atoms. The predicted octanol–water partition coefficient (Wildman–Crippen LogP) is 6.14. The van der Waals surface area contributed by atoms with Crippen LogP contribution in [-0.2, 0) is 12.8 Å². The van der Waals surface area contributed by atoms with Gasteiger partial charge in [0.1, 0.15) is 16.6 Å². The van der Waals surface area contributed by atoms with Gasteiger partial charge in [-0.25, -0.2) is 0 Å². The fraction of sp³-hybridized carbons (Fsp3) is 0.174. The van der Waals surface area contributed by atoms with E-state index in [1.807, 2.05) is 25.2 Å². The van der Waals surface area contributed by atoms with E-state index < -0.39 is 0 Å². The fourth-order valence-electron chi connectivity index (χ4n) is 3.21. The van der Waals surface area contributed by atoms with Crippen LogP contribution in [0.2, 0.25) is 0 Å². The van der Waals surface area contributed by atoms with Crippen LogP contribution in [0.15, 0.2) is 61.2 Å². The lowest BCUT2D eigenvalue weighted by molar-refractivity contribution is 0.912. The van der Waals surface area contributed by atoms with E-state index in [4.69, 9.17) is 5.73 Å². The van der Waals surface area contributed by atoms with Gasteiger partial charge >= 0.3 is 0 Å². The molecule has 27 heavy (non-hydrogen) atoms. The molecule has 2 aromatic rings. The molecule has 0 aliphatic heterocycles. The minimum atomic E-state index is 0.478. The molecule has 3 rings (SSSR count). The number of benzene rings is 1. The molecule has 1 aromatic carbocycles. The molecule has 0 radical (unpaired) electrons. The Morgan fingerprint density at radius 2 is 2.07 bits per heavy atom. The summed E-state index contributed by atoms with van der Waals surface area (Å²) in [6.45, 7) is 9.81. The highest BCUT2D eigenvalue weighted by atomic mass is 32.1. The number of nitriles is 1. The summed E-state index contributed by atoms with van der Waals surface area (Å²) in [6, 6.07) is 8.66. The van der Waals surface area contributed by atoms with E-state index in [9.17, 15) is 5.26 Å². The van der Waals surface area contributed by atoms with Crippen molar-refractivity contribution in [1.82, 2.24) is 0 Å². The van der Waals surface area contributed by atoms with Crippen LogP contribution < -0.4 is 11.1 Å². The average Bonchev–Trinajstić information content (AvgIpc) is 3.25. The molecule has 0 saturated heterocycles. The zero-order valence-corrected chi connectivity index (χ0v) is 16.3. The molecule has 136 valence electrons. The summed E-state index contributed by atoms with van der Waals surface area (Å²) in [6.07, 6.45) is 10.9. The first-order valence-electron chi connectivity index (χ1n) is 8.92. The van der Waals surface area contributed by atoms with Gasteiger partial charge in [0.25, 0.3) is 0 Å². The predicted molar refractivity (Wildman–Crippen MR) is 117 cm³/mol. The van der Waals surface area contributed by atoms with E-state index in [1.165, 1.54) is 28.9 Å². The first-order valence-corrected chi connectivity index (χ1v) is 9.73. The van der Waals surface area contributed by atoms with E-state index in [0.717, 1.165) is 39.6 Å². The molecule has 3 N–H and O–H groups in total. The number of aryl methyl sites for hydroxylation is 2. The molecule has 0 unspecified atom stereocenters. The summed E-state index contributed by atoms with van der Waals surface area (Å²) in [5.41, 5.74) is 12.9. The summed E-state index contributed by atoms with van der Waals surface area (Å²) < 4.78 is 0. The number of thiophene rings is 1. The molecule has 0 atom stereocenters. The Hall–Kier alpha value is -3.03. The monoisotopic (exact) mass is 373 g/mol. The van der Waals surface area contributed by atoms with Crippen molar-refractivity contribution in [3.63, 3.8) is 0 Å². The number of fused-ring (bicyclic) bond motifs is 1. The molecule has 1 aliphatic rings. The molecular weight excluding hydrogens is 350 g/mol. The Labute approximate surface area is 164 Å². The van der Waals surface area contributed by atoms with Gasteiger partial charge in [-0.1, -0.05) is 43.5 Å². The van der Waals surface area contributed by atoms with Gasteiger partial charge in [-0.15, -0.1) is 11.3 Å². The van der Waals surface area contributed by atoms with Crippen molar-refractivity contribution >= 4 is 33.3 Å². The third kappa shape index (κ3) is 3.89. The van der Waals surface area contributed by atoms with Crippen molar-refractivity contribution in [2.45, 2.75) is 26.2 Å². The minimum absolute atomic E-state index is 0.478. The number of nitrogen functional groups attached to an aromatic ring is 1. The van der Waals surface area contributed by atoms with Crippen LogP contribution in [0, 0.1) is 11.3 Å². The first-order chi connectivity index (χ1) is 13.0. The Morgan fingerprint density at radius 3 is 2.81 bits per heavy atom. The Balaban J connectivity index is 1.91. The first kappa shape index (κ1) is 18.8. The summed E-state index contributed by atoms with van der Waals surface area (Å²) in [5, 5.41) is 13.8. The summed E-state index contributed by atoms with van der Waals surface area (Å²) in [5.74, 6) is 0. The minimum Gasteiger partial charge on any atom is -0.396 e. The maximum absolute atomic E-state index is 9.61. The lowest BCUT2D eigenvalue weighted by Crippen LogP contribution is -1.94. The second-order valence-electron chi connectivity index (χ2n) is 6.57.